The Labute approximate surface area is 184 Å². The van der Waals surface area contributed by atoms with Gasteiger partial charge in [-0.05, 0) is 43.2 Å². The maximum Gasteiger partial charge on any atom is 0.219 e. The van der Waals surface area contributed by atoms with Crippen LogP contribution in [-0.2, 0) is 11.5 Å². The van der Waals surface area contributed by atoms with E-state index in [2.05, 4.69) is 15.0 Å². The molecule has 0 aliphatic carbocycles. The summed E-state index contributed by atoms with van der Waals surface area (Å²) >= 11 is 0. The van der Waals surface area contributed by atoms with Crippen LogP contribution in [0, 0.1) is 0 Å². The minimum absolute atomic E-state index is 0.0336. The van der Waals surface area contributed by atoms with Crippen molar-refractivity contribution in [1.82, 2.24) is 24.8 Å². The summed E-state index contributed by atoms with van der Waals surface area (Å²) < 4.78 is 19.0. The second-order valence-corrected chi connectivity index (χ2v) is 7.80. The van der Waals surface area contributed by atoms with Gasteiger partial charge in [-0.2, -0.15) is 0 Å². The molecule has 4 heterocycles. The molecular weight excluding hydrogens is 409 g/mol. The first-order valence-electron chi connectivity index (χ1n) is 10.5. The Balaban J connectivity index is 1.60. The number of pyridine rings is 2. The number of rotatable bonds is 5. The zero-order valence-corrected chi connectivity index (χ0v) is 17.6. The molecule has 7 nitrogen and oxygen atoms in total. The molecule has 1 N–H and O–H groups in total. The number of likely N-dealkylation sites (tertiary alicyclic amines) is 1. The summed E-state index contributed by atoms with van der Waals surface area (Å²) in [5.41, 5.74) is 3.55. The highest BCUT2D eigenvalue weighted by Gasteiger charge is 2.31. The first-order valence-corrected chi connectivity index (χ1v) is 10.5. The van der Waals surface area contributed by atoms with Crippen molar-refractivity contribution in [2.45, 2.75) is 32.5 Å². The number of carbonyl (C=O) groups is 1. The topological polar surface area (TPSA) is 84.0 Å². The number of imidazole rings is 1. The molecule has 1 aliphatic heterocycles. The van der Waals surface area contributed by atoms with E-state index in [9.17, 15) is 9.18 Å². The molecule has 0 saturated carbocycles. The monoisotopic (exact) mass is 431 g/mol. The lowest BCUT2D eigenvalue weighted by molar-refractivity contribution is -0.129. The van der Waals surface area contributed by atoms with Crippen molar-refractivity contribution in [2.24, 2.45) is 0 Å². The number of ether oxygens (including phenoxy) is 1. The van der Waals surface area contributed by atoms with Crippen molar-refractivity contribution in [2.75, 3.05) is 6.54 Å². The Morgan fingerprint density at radius 1 is 1.25 bits per heavy atom. The number of H-pyrrole nitrogens is 1. The van der Waals surface area contributed by atoms with Gasteiger partial charge in [0, 0.05) is 31.3 Å². The third-order valence-corrected chi connectivity index (χ3v) is 5.70. The molecule has 1 saturated heterocycles. The fourth-order valence-corrected chi connectivity index (χ4v) is 4.17. The van der Waals surface area contributed by atoms with Gasteiger partial charge in [-0.15, -0.1) is 0 Å². The molecule has 8 heteroatoms. The van der Waals surface area contributed by atoms with E-state index in [1.165, 1.54) is 6.20 Å². The van der Waals surface area contributed by atoms with Crippen molar-refractivity contribution >= 4 is 16.9 Å². The summed E-state index contributed by atoms with van der Waals surface area (Å²) in [7, 11) is 0. The molecule has 1 aromatic carbocycles. The van der Waals surface area contributed by atoms with Gasteiger partial charge in [0.1, 0.15) is 23.9 Å². The number of amides is 1. The number of nitrogens with one attached hydrogen (secondary N) is 1. The number of aromatic nitrogens is 4. The molecular formula is C24H22FN5O2. The van der Waals surface area contributed by atoms with Crippen LogP contribution in [0.1, 0.15) is 37.1 Å². The fourth-order valence-electron chi connectivity index (χ4n) is 4.17. The first-order chi connectivity index (χ1) is 15.6. The average molecular weight is 431 g/mol. The number of nitrogens with zero attached hydrogens (tertiary/aromatic N) is 4. The fraction of sp³-hybridized carbons (Fsp3) is 0.250. The van der Waals surface area contributed by atoms with Crippen LogP contribution in [-0.4, -0.2) is 37.3 Å². The maximum absolute atomic E-state index is 12.8. The van der Waals surface area contributed by atoms with E-state index in [0.29, 0.717) is 29.6 Å². The quantitative estimate of drug-likeness (QED) is 0.483. The third-order valence-electron chi connectivity index (χ3n) is 5.70. The van der Waals surface area contributed by atoms with Crippen LogP contribution in [0.3, 0.4) is 0 Å². The normalized spacial score (nSPS) is 15.9. The van der Waals surface area contributed by atoms with Gasteiger partial charge in [-0.3, -0.25) is 14.8 Å². The van der Waals surface area contributed by atoms with E-state index < -0.39 is 6.67 Å². The van der Waals surface area contributed by atoms with E-state index in [1.54, 1.807) is 25.3 Å². The number of halogens is 1. The molecule has 1 aliphatic rings. The third kappa shape index (κ3) is 3.79. The van der Waals surface area contributed by atoms with E-state index in [1.807, 2.05) is 35.2 Å². The van der Waals surface area contributed by atoms with E-state index >= 15 is 0 Å². The van der Waals surface area contributed by atoms with Gasteiger partial charge < -0.3 is 14.6 Å². The summed E-state index contributed by atoms with van der Waals surface area (Å²) in [4.78, 5) is 30.6. The SMILES string of the molecule is CC(=O)N1CCCC1c1cc2[nH]c(-c3ccccn3)nc2cc1Oc1ccc(CF)nc1. The molecule has 32 heavy (non-hydrogen) atoms. The van der Waals surface area contributed by atoms with Gasteiger partial charge in [-0.25, -0.2) is 9.37 Å². The molecule has 4 aromatic rings. The minimum Gasteiger partial charge on any atom is -0.455 e. The maximum atomic E-state index is 12.8. The number of hydrogen-bond donors (Lipinski definition) is 1. The van der Waals surface area contributed by atoms with E-state index in [0.717, 1.165) is 35.1 Å². The largest absolute Gasteiger partial charge is 0.455 e. The number of alkyl halides is 1. The smallest absolute Gasteiger partial charge is 0.219 e. The van der Waals surface area contributed by atoms with Gasteiger partial charge in [-0.1, -0.05) is 6.07 Å². The van der Waals surface area contributed by atoms with Crippen LogP contribution >= 0.6 is 0 Å². The molecule has 1 atom stereocenters. The first kappa shape index (κ1) is 20.1. The van der Waals surface area contributed by atoms with E-state index in [4.69, 9.17) is 9.72 Å². The van der Waals surface area contributed by atoms with Gasteiger partial charge >= 0.3 is 0 Å². The number of hydrogen-bond acceptors (Lipinski definition) is 5. The number of benzene rings is 1. The average Bonchev–Trinajstić information content (AvgIpc) is 3.47. The zero-order valence-electron chi connectivity index (χ0n) is 17.6. The molecule has 1 fully saturated rings. The van der Waals surface area contributed by atoms with Crippen LogP contribution in [0.4, 0.5) is 4.39 Å². The predicted octanol–water partition coefficient (Wildman–Crippen LogP) is 4.97. The Morgan fingerprint density at radius 2 is 2.16 bits per heavy atom. The summed E-state index contributed by atoms with van der Waals surface area (Å²) in [5.74, 6) is 1.79. The lowest BCUT2D eigenvalue weighted by Crippen LogP contribution is -2.28. The van der Waals surface area contributed by atoms with Crippen LogP contribution in [0.2, 0.25) is 0 Å². The Morgan fingerprint density at radius 3 is 2.88 bits per heavy atom. The Kier molecular flexibility index (Phi) is 5.26. The molecule has 5 rings (SSSR count). The predicted molar refractivity (Wildman–Crippen MR) is 118 cm³/mol. The summed E-state index contributed by atoms with van der Waals surface area (Å²) in [5, 5.41) is 0. The van der Waals surface area contributed by atoms with E-state index in [-0.39, 0.29) is 11.9 Å². The highest BCUT2D eigenvalue weighted by molar-refractivity contribution is 5.82. The zero-order chi connectivity index (χ0) is 22.1. The van der Waals surface area contributed by atoms with Crippen LogP contribution < -0.4 is 4.74 Å². The van der Waals surface area contributed by atoms with Crippen molar-refractivity contribution < 1.29 is 13.9 Å². The van der Waals surface area contributed by atoms with Crippen LogP contribution in [0.15, 0.2) is 54.9 Å². The van der Waals surface area contributed by atoms with Crippen molar-refractivity contribution in [3.8, 4) is 23.0 Å². The van der Waals surface area contributed by atoms with Crippen molar-refractivity contribution in [3.05, 3.63) is 66.1 Å². The standard InChI is InChI=1S/C24H22FN5O2/c1-15(31)30-10-4-6-22(30)18-11-20-21(29-24(28-20)19-5-2-3-9-26-19)12-23(18)32-17-8-7-16(13-25)27-14-17/h2-3,5,7-9,11-12,14,22H,4,6,10,13H2,1H3,(H,28,29). The highest BCUT2D eigenvalue weighted by atomic mass is 19.1. The van der Waals surface area contributed by atoms with Crippen LogP contribution in [0.5, 0.6) is 11.5 Å². The summed E-state index contributed by atoms with van der Waals surface area (Å²) in [6.45, 7) is 1.68. The Bertz CT molecular complexity index is 1260. The van der Waals surface area contributed by atoms with Crippen molar-refractivity contribution in [3.63, 3.8) is 0 Å². The molecule has 162 valence electrons. The van der Waals surface area contributed by atoms with Gasteiger partial charge in [0.25, 0.3) is 0 Å². The van der Waals surface area contributed by atoms with Gasteiger partial charge in [0.2, 0.25) is 5.91 Å². The number of aromatic amines is 1. The van der Waals surface area contributed by atoms with Crippen molar-refractivity contribution in [1.29, 1.82) is 0 Å². The lowest BCUT2D eigenvalue weighted by atomic mass is 10.0. The molecule has 1 amide bonds. The lowest BCUT2D eigenvalue weighted by Gasteiger charge is -2.25. The molecule has 0 spiro atoms. The molecule has 1 unspecified atom stereocenters. The van der Waals surface area contributed by atoms with Crippen LogP contribution in [0.25, 0.3) is 22.6 Å². The van der Waals surface area contributed by atoms with Gasteiger partial charge in [0.05, 0.1) is 29.0 Å². The summed E-state index contributed by atoms with van der Waals surface area (Å²) in [6.07, 6.45) is 5.00. The molecule has 0 bridgehead atoms. The minimum atomic E-state index is -0.628. The summed E-state index contributed by atoms with van der Waals surface area (Å²) in [6, 6.07) is 12.7. The second-order valence-electron chi connectivity index (χ2n) is 7.80. The highest BCUT2D eigenvalue weighted by Crippen LogP contribution is 2.40. The number of carbonyl (C=O) groups excluding carboxylic acids is 1. The molecule has 3 aromatic heterocycles. The van der Waals surface area contributed by atoms with Gasteiger partial charge in [0.15, 0.2) is 5.82 Å². The second kappa shape index (κ2) is 8.37. The molecule has 0 radical (unpaired) electrons. The number of fused-ring (bicyclic) bond motifs is 1. The Hall–Kier alpha value is -3.81.